The third-order valence-corrected chi connectivity index (χ3v) is 3.63. The molecule has 0 unspecified atom stereocenters. The molecule has 0 atom stereocenters. The van der Waals surface area contributed by atoms with Crippen molar-refractivity contribution in [3.63, 3.8) is 0 Å². The molecule has 1 aromatic rings. The van der Waals surface area contributed by atoms with Crippen molar-refractivity contribution in [3.05, 3.63) is 28.8 Å². The number of carbonyl (C=O) groups excluding carboxylic acids is 2. The van der Waals surface area contributed by atoms with Gasteiger partial charge in [0.2, 0.25) is 0 Å². The molecule has 1 amide bonds. The fraction of sp³-hybridized carbons (Fsp3) is 0.529. The molecule has 1 N–H and O–H groups in total. The van der Waals surface area contributed by atoms with Crippen LogP contribution in [0.5, 0.6) is 5.75 Å². The molecule has 126 valence electrons. The van der Waals surface area contributed by atoms with E-state index in [2.05, 4.69) is 4.74 Å². The molecular weight excluding hydrogens is 298 g/mol. The topological polar surface area (TPSA) is 76.1 Å². The van der Waals surface area contributed by atoms with Crippen molar-refractivity contribution in [2.24, 2.45) is 0 Å². The van der Waals surface area contributed by atoms with Gasteiger partial charge in [0, 0.05) is 18.7 Å². The Morgan fingerprint density at radius 2 is 1.96 bits per heavy atom. The maximum atomic E-state index is 12.1. The van der Waals surface area contributed by atoms with Gasteiger partial charge < -0.3 is 19.5 Å². The zero-order chi connectivity index (χ0) is 17.2. The number of nitrogens with zero attached hydrogens (tertiary/aromatic N) is 1. The van der Waals surface area contributed by atoms with Gasteiger partial charge in [-0.15, -0.1) is 0 Å². The quantitative estimate of drug-likeness (QED) is 0.847. The molecule has 6 nitrogen and oxygen atoms in total. The number of ether oxygens (including phenoxy) is 2. The van der Waals surface area contributed by atoms with Gasteiger partial charge in [0.05, 0.1) is 13.5 Å². The first kappa shape index (κ1) is 17.1. The first-order valence-corrected chi connectivity index (χ1v) is 7.58. The second kappa shape index (κ2) is 6.48. The predicted octanol–water partition coefficient (Wildman–Crippen LogP) is 2.40. The van der Waals surface area contributed by atoms with Crippen LogP contribution >= 0.6 is 0 Å². The number of fused-ring (bicyclic) bond motifs is 1. The SMILES string of the molecule is COC(=O)Cc1cc2c(cc1O)CN(C(=O)OC(C)(C)C)CC2. The molecular formula is C17H23NO5. The summed E-state index contributed by atoms with van der Waals surface area (Å²) < 4.78 is 10.0. The normalized spacial score (nSPS) is 14.2. The molecule has 0 radical (unpaired) electrons. The van der Waals surface area contributed by atoms with Crippen molar-refractivity contribution in [2.45, 2.75) is 45.8 Å². The summed E-state index contributed by atoms with van der Waals surface area (Å²) in [6.07, 6.45) is 0.329. The van der Waals surface area contributed by atoms with E-state index in [-0.39, 0.29) is 18.3 Å². The lowest BCUT2D eigenvalue weighted by Gasteiger charge is -2.31. The van der Waals surface area contributed by atoms with E-state index in [1.54, 1.807) is 11.0 Å². The fourth-order valence-corrected chi connectivity index (χ4v) is 2.50. The molecule has 0 saturated carbocycles. The Kier molecular flexibility index (Phi) is 4.82. The summed E-state index contributed by atoms with van der Waals surface area (Å²) >= 11 is 0. The van der Waals surface area contributed by atoms with Gasteiger partial charge in [-0.3, -0.25) is 4.79 Å². The van der Waals surface area contributed by atoms with Crippen LogP contribution in [0.4, 0.5) is 4.79 Å². The molecule has 0 aromatic heterocycles. The van der Waals surface area contributed by atoms with Crippen LogP contribution in [0.2, 0.25) is 0 Å². The molecule has 0 bridgehead atoms. The highest BCUT2D eigenvalue weighted by molar-refractivity contribution is 5.74. The average Bonchev–Trinajstić information content (AvgIpc) is 2.45. The van der Waals surface area contributed by atoms with E-state index in [1.807, 2.05) is 26.8 Å². The predicted molar refractivity (Wildman–Crippen MR) is 84.2 cm³/mol. The summed E-state index contributed by atoms with van der Waals surface area (Å²) in [5.74, 6) is -0.355. The fourth-order valence-electron chi connectivity index (χ4n) is 2.50. The van der Waals surface area contributed by atoms with E-state index in [4.69, 9.17) is 4.74 Å². The monoisotopic (exact) mass is 321 g/mol. The van der Waals surface area contributed by atoms with E-state index >= 15 is 0 Å². The highest BCUT2D eigenvalue weighted by atomic mass is 16.6. The molecule has 1 heterocycles. The Bertz CT molecular complexity index is 618. The third-order valence-electron chi connectivity index (χ3n) is 3.63. The van der Waals surface area contributed by atoms with Gasteiger partial charge in [-0.1, -0.05) is 6.07 Å². The third kappa shape index (κ3) is 4.37. The molecule has 23 heavy (non-hydrogen) atoms. The highest BCUT2D eigenvalue weighted by Crippen LogP contribution is 2.28. The van der Waals surface area contributed by atoms with Crippen LogP contribution in [0.1, 0.15) is 37.5 Å². The Morgan fingerprint density at radius 1 is 1.26 bits per heavy atom. The summed E-state index contributed by atoms with van der Waals surface area (Å²) in [5.41, 5.74) is 1.90. The number of hydrogen-bond acceptors (Lipinski definition) is 5. The minimum Gasteiger partial charge on any atom is -0.508 e. The van der Waals surface area contributed by atoms with Crippen molar-refractivity contribution < 1.29 is 24.2 Å². The molecule has 1 aromatic carbocycles. The molecule has 0 aliphatic carbocycles. The highest BCUT2D eigenvalue weighted by Gasteiger charge is 2.26. The van der Waals surface area contributed by atoms with Crippen LogP contribution in [-0.4, -0.2) is 41.3 Å². The van der Waals surface area contributed by atoms with Gasteiger partial charge >= 0.3 is 12.1 Å². The van der Waals surface area contributed by atoms with E-state index in [9.17, 15) is 14.7 Å². The first-order valence-electron chi connectivity index (χ1n) is 7.58. The Labute approximate surface area is 136 Å². The summed E-state index contributed by atoms with van der Waals surface area (Å²) in [6, 6.07) is 3.43. The summed E-state index contributed by atoms with van der Waals surface area (Å²) in [5, 5.41) is 10.1. The second-order valence-corrected chi connectivity index (χ2v) is 6.65. The molecule has 1 aliphatic heterocycles. The number of amides is 1. The van der Waals surface area contributed by atoms with Gasteiger partial charge in [-0.2, -0.15) is 0 Å². The van der Waals surface area contributed by atoms with E-state index in [1.165, 1.54) is 7.11 Å². The van der Waals surface area contributed by atoms with Crippen LogP contribution in [0, 0.1) is 0 Å². The van der Waals surface area contributed by atoms with E-state index in [0.29, 0.717) is 25.1 Å². The van der Waals surface area contributed by atoms with Crippen LogP contribution in [0.15, 0.2) is 12.1 Å². The van der Waals surface area contributed by atoms with Crippen LogP contribution < -0.4 is 0 Å². The summed E-state index contributed by atoms with van der Waals surface area (Å²) in [7, 11) is 1.32. The number of aromatic hydroxyl groups is 1. The minimum absolute atomic E-state index is 0.0331. The van der Waals surface area contributed by atoms with Crippen molar-refractivity contribution in [3.8, 4) is 5.75 Å². The molecule has 1 aliphatic rings. The molecule has 0 saturated heterocycles. The number of phenols is 1. The van der Waals surface area contributed by atoms with Gasteiger partial charge in [-0.25, -0.2) is 4.79 Å². The average molecular weight is 321 g/mol. The Hall–Kier alpha value is -2.24. The van der Waals surface area contributed by atoms with E-state index in [0.717, 1.165) is 11.1 Å². The maximum absolute atomic E-state index is 12.1. The lowest BCUT2D eigenvalue weighted by atomic mass is 9.95. The zero-order valence-corrected chi connectivity index (χ0v) is 14.0. The first-order chi connectivity index (χ1) is 10.7. The van der Waals surface area contributed by atoms with Gasteiger partial charge in [0.15, 0.2) is 0 Å². The number of hydrogen-bond donors (Lipinski definition) is 1. The number of methoxy groups -OCH3 is 1. The Morgan fingerprint density at radius 3 is 2.57 bits per heavy atom. The lowest BCUT2D eigenvalue weighted by Crippen LogP contribution is -2.39. The maximum Gasteiger partial charge on any atom is 0.410 e. The summed E-state index contributed by atoms with van der Waals surface area (Å²) in [4.78, 5) is 25.1. The Balaban J connectivity index is 2.14. The molecule has 0 spiro atoms. The number of esters is 1. The van der Waals surface area contributed by atoms with Crippen LogP contribution in [0.3, 0.4) is 0 Å². The number of benzene rings is 1. The zero-order valence-electron chi connectivity index (χ0n) is 14.0. The van der Waals surface area contributed by atoms with Crippen molar-refractivity contribution in [2.75, 3.05) is 13.7 Å². The van der Waals surface area contributed by atoms with Crippen LogP contribution in [-0.2, 0) is 33.7 Å². The van der Waals surface area contributed by atoms with Crippen molar-refractivity contribution in [1.82, 2.24) is 4.90 Å². The second-order valence-electron chi connectivity index (χ2n) is 6.65. The van der Waals surface area contributed by atoms with Gasteiger partial charge in [0.1, 0.15) is 11.4 Å². The van der Waals surface area contributed by atoms with Gasteiger partial charge in [-0.05, 0) is 44.4 Å². The largest absolute Gasteiger partial charge is 0.508 e. The number of phenolic OH excluding ortho intramolecular Hbond substituents is 1. The molecule has 2 rings (SSSR count). The lowest BCUT2D eigenvalue weighted by molar-refractivity contribution is -0.139. The standard InChI is InChI=1S/C17H23NO5/c1-17(2,3)23-16(21)18-6-5-11-7-12(9-15(20)22-4)14(19)8-13(11)10-18/h7-8,19H,5-6,9-10H2,1-4H3. The number of rotatable bonds is 2. The van der Waals surface area contributed by atoms with E-state index < -0.39 is 11.6 Å². The van der Waals surface area contributed by atoms with Crippen molar-refractivity contribution >= 4 is 12.1 Å². The van der Waals surface area contributed by atoms with Crippen molar-refractivity contribution in [1.29, 1.82) is 0 Å². The number of carbonyl (C=O) groups is 2. The van der Waals surface area contributed by atoms with Gasteiger partial charge in [0.25, 0.3) is 0 Å². The van der Waals surface area contributed by atoms with Crippen LogP contribution in [0.25, 0.3) is 0 Å². The molecule has 6 heteroatoms. The smallest absolute Gasteiger partial charge is 0.410 e. The minimum atomic E-state index is -0.538. The summed E-state index contributed by atoms with van der Waals surface area (Å²) in [6.45, 7) is 6.41. The molecule has 0 fully saturated rings.